The van der Waals surface area contributed by atoms with Gasteiger partial charge in [-0.15, -0.1) is 0 Å². The molecule has 1 aliphatic heterocycles. The van der Waals surface area contributed by atoms with Gasteiger partial charge < -0.3 is 4.74 Å². The molecule has 0 bridgehead atoms. The van der Waals surface area contributed by atoms with Crippen molar-refractivity contribution in [2.75, 3.05) is 0 Å². The third kappa shape index (κ3) is 0.655. The van der Waals surface area contributed by atoms with Crippen LogP contribution in [0, 0.1) is 5.92 Å². The highest BCUT2D eigenvalue weighted by molar-refractivity contribution is 4.90. The maximum absolute atomic E-state index is 5.35. The summed E-state index contributed by atoms with van der Waals surface area (Å²) in [6.07, 6.45) is 5.41. The van der Waals surface area contributed by atoms with E-state index in [0.717, 1.165) is 5.92 Å². The van der Waals surface area contributed by atoms with Crippen molar-refractivity contribution in [1.29, 1.82) is 0 Å². The first-order valence-corrected chi connectivity index (χ1v) is 3.52. The molecule has 0 spiro atoms. The van der Waals surface area contributed by atoms with Gasteiger partial charge in [-0.25, -0.2) is 0 Å². The summed E-state index contributed by atoms with van der Waals surface area (Å²) in [4.78, 5) is 0. The quantitative estimate of drug-likeness (QED) is 0.433. The predicted molar refractivity (Wildman–Crippen MR) is 31.7 cm³/mol. The summed E-state index contributed by atoms with van der Waals surface area (Å²) >= 11 is 0. The highest BCUT2D eigenvalue weighted by Gasteiger charge is 2.42. The lowest BCUT2D eigenvalue weighted by atomic mass is 9.91. The van der Waals surface area contributed by atoms with E-state index in [1.165, 1.54) is 19.3 Å². The lowest BCUT2D eigenvalue weighted by Crippen LogP contribution is -2.09. The summed E-state index contributed by atoms with van der Waals surface area (Å²) in [5.74, 6) is 0.929. The minimum absolute atomic E-state index is 0.679. The second-order valence-corrected chi connectivity index (χ2v) is 3.13. The van der Waals surface area contributed by atoms with Crippen LogP contribution in [-0.4, -0.2) is 12.2 Å². The monoisotopic (exact) mass is 112 g/mol. The maximum atomic E-state index is 5.35. The maximum Gasteiger partial charge on any atom is 0.0844 e. The van der Waals surface area contributed by atoms with E-state index in [1.807, 2.05) is 0 Å². The van der Waals surface area contributed by atoms with Crippen LogP contribution in [0.5, 0.6) is 0 Å². The molecule has 46 valence electrons. The molecule has 3 atom stereocenters. The van der Waals surface area contributed by atoms with Gasteiger partial charge in [0.05, 0.1) is 12.2 Å². The van der Waals surface area contributed by atoms with E-state index in [1.54, 1.807) is 0 Å². The van der Waals surface area contributed by atoms with Gasteiger partial charge in [-0.2, -0.15) is 0 Å². The highest BCUT2D eigenvalue weighted by Crippen LogP contribution is 2.38. The molecule has 0 radical (unpaired) electrons. The third-order valence-electron chi connectivity index (χ3n) is 2.27. The Labute approximate surface area is 50.0 Å². The van der Waals surface area contributed by atoms with Crippen LogP contribution in [0.2, 0.25) is 0 Å². The van der Waals surface area contributed by atoms with E-state index >= 15 is 0 Å². The molecule has 8 heavy (non-hydrogen) atoms. The molecule has 1 heterocycles. The van der Waals surface area contributed by atoms with E-state index in [9.17, 15) is 0 Å². The van der Waals surface area contributed by atoms with Gasteiger partial charge in [0, 0.05) is 0 Å². The standard InChI is InChI=1S/C7H12O/c1-5-2-3-6-7(4-5)8-6/h5-7H,2-4H2,1H3/t5-,6-,7-/m1/s1. The highest BCUT2D eigenvalue weighted by atomic mass is 16.6. The van der Waals surface area contributed by atoms with Crippen molar-refractivity contribution in [1.82, 2.24) is 0 Å². The summed E-state index contributed by atoms with van der Waals surface area (Å²) in [5.41, 5.74) is 0. The van der Waals surface area contributed by atoms with Crippen molar-refractivity contribution in [2.24, 2.45) is 5.92 Å². The first kappa shape index (κ1) is 4.80. The second kappa shape index (κ2) is 1.47. The molecule has 1 aliphatic carbocycles. The van der Waals surface area contributed by atoms with Crippen molar-refractivity contribution in [3.63, 3.8) is 0 Å². The van der Waals surface area contributed by atoms with Crippen LogP contribution in [0.4, 0.5) is 0 Å². The fraction of sp³-hybridized carbons (Fsp3) is 1.00. The van der Waals surface area contributed by atoms with Gasteiger partial charge in [0.25, 0.3) is 0 Å². The summed E-state index contributed by atoms with van der Waals surface area (Å²) in [6, 6.07) is 0. The number of ether oxygens (including phenoxy) is 1. The normalized spacial score (nSPS) is 52.9. The van der Waals surface area contributed by atoms with Crippen LogP contribution in [0.25, 0.3) is 0 Å². The molecule has 1 saturated carbocycles. The van der Waals surface area contributed by atoms with Gasteiger partial charge in [0.2, 0.25) is 0 Å². The Morgan fingerprint density at radius 3 is 2.75 bits per heavy atom. The Bertz CT molecular complexity index is 101. The SMILES string of the molecule is C[C@@H]1CC[C@H]2O[C@@H]2C1. The Morgan fingerprint density at radius 1 is 1.25 bits per heavy atom. The number of fused-ring (bicyclic) bond motifs is 1. The molecule has 1 saturated heterocycles. The fourth-order valence-electron chi connectivity index (χ4n) is 1.60. The molecule has 2 rings (SSSR count). The molecule has 0 amide bonds. The Balaban J connectivity index is 1.93. The zero-order valence-electron chi connectivity index (χ0n) is 5.26. The third-order valence-corrected chi connectivity index (χ3v) is 2.27. The predicted octanol–water partition coefficient (Wildman–Crippen LogP) is 1.57. The molecule has 0 N–H and O–H groups in total. The Kier molecular flexibility index (Phi) is 0.884. The van der Waals surface area contributed by atoms with E-state index < -0.39 is 0 Å². The molecule has 1 nitrogen and oxygen atoms in total. The van der Waals surface area contributed by atoms with Crippen LogP contribution in [0.3, 0.4) is 0 Å². The molecule has 0 unspecified atom stereocenters. The smallest absolute Gasteiger partial charge is 0.0844 e. The molecular weight excluding hydrogens is 100 g/mol. The molecule has 0 aromatic carbocycles. The number of epoxide rings is 1. The zero-order chi connectivity index (χ0) is 5.56. The molecule has 0 aromatic rings. The van der Waals surface area contributed by atoms with Gasteiger partial charge in [-0.05, 0) is 25.2 Å². The van der Waals surface area contributed by atoms with Gasteiger partial charge in [0.15, 0.2) is 0 Å². The molecule has 2 fully saturated rings. The average molecular weight is 112 g/mol. The van der Waals surface area contributed by atoms with Crippen molar-refractivity contribution < 1.29 is 4.74 Å². The van der Waals surface area contributed by atoms with E-state index in [0.29, 0.717) is 12.2 Å². The van der Waals surface area contributed by atoms with Gasteiger partial charge in [-0.3, -0.25) is 0 Å². The van der Waals surface area contributed by atoms with E-state index in [4.69, 9.17) is 4.74 Å². The summed E-state index contributed by atoms with van der Waals surface area (Å²) in [6.45, 7) is 2.32. The van der Waals surface area contributed by atoms with E-state index in [2.05, 4.69) is 6.92 Å². The lowest BCUT2D eigenvalue weighted by molar-refractivity contribution is 0.367. The van der Waals surface area contributed by atoms with Crippen molar-refractivity contribution in [2.45, 2.75) is 38.4 Å². The summed E-state index contributed by atoms with van der Waals surface area (Å²) in [5, 5.41) is 0. The first-order valence-electron chi connectivity index (χ1n) is 3.52. The molecule has 2 aliphatic rings. The molecular formula is C7H12O. The zero-order valence-corrected chi connectivity index (χ0v) is 5.26. The minimum Gasteiger partial charge on any atom is -0.370 e. The Morgan fingerprint density at radius 2 is 2.12 bits per heavy atom. The van der Waals surface area contributed by atoms with Crippen molar-refractivity contribution in [3.8, 4) is 0 Å². The molecule has 1 heteroatoms. The fourth-order valence-corrected chi connectivity index (χ4v) is 1.60. The van der Waals surface area contributed by atoms with Crippen LogP contribution in [0.1, 0.15) is 26.2 Å². The van der Waals surface area contributed by atoms with Crippen LogP contribution < -0.4 is 0 Å². The average Bonchev–Trinajstić information content (AvgIpc) is 2.43. The van der Waals surface area contributed by atoms with Crippen LogP contribution >= 0.6 is 0 Å². The lowest BCUT2D eigenvalue weighted by Gasteiger charge is -2.11. The Hall–Kier alpha value is -0.0400. The van der Waals surface area contributed by atoms with E-state index in [-0.39, 0.29) is 0 Å². The van der Waals surface area contributed by atoms with Crippen molar-refractivity contribution >= 4 is 0 Å². The first-order chi connectivity index (χ1) is 3.86. The second-order valence-electron chi connectivity index (χ2n) is 3.13. The van der Waals surface area contributed by atoms with Gasteiger partial charge >= 0.3 is 0 Å². The van der Waals surface area contributed by atoms with Gasteiger partial charge in [0.1, 0.15) is 0 Å². The summed E-state index contributed by atoms with van der Waals surface area (Å²) in [7, 11) is 0. The largest absolute Gasteiger partial charge is 0.370 e. The van der Waals surface area contributed by atoms with Crippen molar-refractivity contribution in [3.05, 3.63) is 0 Å². The minimum atomic E-state index is 0.679. The number of hydrogen-bond acceptors (Lipinski definition) is 1. The number of rotatable bonds is 0. The summed E-state index contributed by atoms with van der Waals surface area (Å²) < 4.78 is 5.35. The molecule has 0 aromatic heterocycles. The van der Waals surface area contributed by atoms with Crippen LogP contribution in [0.15, 0.2) is 0 Å². The van der Waals surface area contributed by atoms with Crippen LogP contribution in [-0.2, 0) is 4.74 Å². The topological polar surface area (TPSA) is 12.5 Å². The number of hydrogen-bond donors (Lipinski definition) is 0. The van der Waals surface area contributed by atoms with Gasteiger partial charge in [-0.1, -0.05) is 6.92 Å².